The molecule has 0 fully saturated rings. The van der Waals surface area contributed by atoms with E-state index in [2.05, 4.69) is 60.7 Å². The van der Waals surface area contributed by atoms with Gasteiger partial charge >= 0.3 is 0 Å². The Morgan fingerprint density at radius 3 is 2.76 bits per heavy atom. The Morgan fingerprint density at radius 2 is 2.06 bits per heavy atom. The van der Waals surface area contributed by atoms with Gasteiger partial charge in [-0.05, 0) is 37.3 Å². The van der Waals surface area contributed by atoms with Crippen molar-refractivity contribution in [2.75, 3.05) is 30.9 Å². The molecular formula is C15H22N2. The minimum absolute atomic E-state index is 0.787. The Labute approximate surface area is 104 Å². The molecule has 0 amide bonds. The van der Waals surface area contributed by atoms with E-state index in [0.717, 1.165) is 12.5 Å². The number of nitrogens with zero attached hydrogens (tertiary/aromatic N) is 1. The molecule has 0 saturated heterocycles. The van der Waals surface area contributed by atoms with Gasteiger partial charge in [0.1, 0.15) is 0 Å². The maximum absolute atomic E-state index is 3.59. The number of anilines is 2. The molecule has 1 aromatic rings. The fourth-order valence-electron chi connectivity index (χ4n) is 2.31. The molecule has 0 saturated carbocycles. The highest BCUT2D eigenvalue weighted by atomic mass is 15.1. The van der Waals surface area contributed by atoms with E-state index in [4.69, 9.17) is 0 Å². The zero-order valence-corrected chi connectivity index (χ0v) is 10.8. The second-order valence-electron chi connectivity index (χ2n) is 4.94. The summed E-state index contributed by atoms with van der Waals surface area (Å²) in [6, 6.07) is 8.50. The number of rotatable bonds is 4. The maximum atomic E-state index is 3.59. The summed E-state index contributed by atoms with van der Waals surface area (Å²) in [5.41, 5.74) is 2.51. The first-order valence-corrected chi connectivity index (χ1v) is 6.42. The average Bonchev–Trinajstić information content (AvgIpc) is 2.38. The first-order valence-electron chi connectivity index (χ1n) is 6.42. The summed E-state index contributed by atoms with van der Waals surface area (Å²) in [5.74, 6) is 0.787. The van der Waals surface area contributed by atoms with E-state index in [-0.39, 0.29) is 0 Å². The fraction of sp³-hybridized carbons (Fsp3) is 0.467. The monoisotopic (exact) mass is 230 g/mol. The van der Waals surface area contributed by atoms with Crippen molar-refractivity contribution in [1.29, 1.82) is 0 Å². The molecule has 2 nitrogen and oxygen atoms in total. The Balaban J connectivity index is 1.96. The first kappa shape index (κ1) is 12.0. The lowest BCUT2D eigenvalue weighted by molar-refractivity contribution is 0.504. The van der Waals surface area contributed by atoms with Gasteiger partial charge in [0.15, 0.2) is 0 Å². The van der Waals surface area contributed by atoms with E-state index < -0.39 is 0 Å². The molecule has 0 heterocycles. The molecule has 0 radical (unpaired) electrons. The van der Waals surface area contributed by atoms with Crippen LogP contribution in [0.1, 0.15) is 19.3 Å². The molecule has 0 spiro atoms. The number of nitrogens with one attached hydrogen (secondary N) is 1. The van der Waals surface area contributed by atoms with Gasteiger partial charge in [0.05, 0.1) is 11.4 Å². The van der Waals surface area contributed by atoms with Gasteiger partial charge in [-0.15, -0.1) is 0 Å². The number of benzene rings is 1. The molecule has 2 rings (SSSR count). The molecule has 17 heavy (non-hydrogen) atoms. The van der Waals surface area contributed by atoms with E-state index in [9.17, 15) is 0 Å². The molecule has 92 valence electrons. The van der Waals surface area contributed by atoms with Gasteiger partial charge in [-0.1, -0.05) is 24.3 Å². The van der Waals surface area contributed by atoms with Crippen LogP contribution in [0.5, 0.6) is 0 Å². The number of allylic oxidation sites excluding steroid dienone is 2. The van der Waals surface area contributed by atoms with Crippen LogP contribution in [0.4, 0.5) is 11.4 Å². The Bertz CT molecular complexity index is 382. The quantitative estimate of drug-likeness (QED) is 0.796. The van der Waals surface area contributed by atoms with Crippen LogP contribution in [0, 0.1) is 5.92 Å². The van der Waals surface area contributed by atoms with Crippen molar-refractivity contribution >= 4 is 11.4 Å². The molecule has 1 unspecified atom stereocenters. The second kappa shape index (κ2) is 5.76. The van der Waals surface area contributed by atoms with E-state index in [1.807, 2.05) is 0 Å². The standard InChI is InChI=1S/C15H22N2/c1-17(2)15-11-7-6-10-14(15)16-12-13-8-4-3-5-9-13/h3-4,6-7,10-11,13,16H,5,8-9,12H2,1-2H3. The van der Waals surface area contributed by atoms with Gasteiger partial charge < -0.3 is 10.2 Å². The predicted molar refractivity (Wildman–Crippen MR) is 75.7 cm³/mol. The van der Waals surface area contributed by atoms with Crippen molar-refractivity contribution in [1.82, 2.24) is 0 Å². The third-order valence-corrected chi connectivity index (χ3v) is 3.34. The summed E-state index contributed by atoms with van der Waals surface area (Å²) in [6.07, 6.45) is 8.38. The molecule has 0 bridgehead atoms. The van der Waals surface area contributed by atoms with Gasteiger partial charge in [-0.25, -0.2) is 0 Å². The lowest BCUT2D eigenvalue weighted by Gasteiger charge is -2.22. The highest BCUT2D eigenvalue weighted by Crippen LogP contribution is 2.25. The smallest absolute Gasteiger partial charge is 0.0596 e. The van der Waals surface area contributed by atoms with Crippen LogP contribution in [0.25, 0.3) is 0 Å². The largest absolute Gasteiger partial charge is 0.383 e. The van der Waals surface area contributed by atoms with Crippen LogP contribution in [-0.4, -0.2) is 20.6 Å². The minimum Gasteiger partial charge on any atom is -0.383 e. The molecule has 2 heteroatoms. The zero-order chi connectivity index (χ0) is 12.1. The van der Waals surface area contributed by atoms with Crippen molar-refractivity contribution in [2.45, 2.75) is 19.3 Å². The Hall–Kier alpha value is -1.44. The second-order valence-corrected chi connectivity index (χ2v) is 4.94. The SMILES string of the molecule is CN(C)c1ccccc1NCC1CC=CCC1. The molecule has 1 atom stereocenters. The van der Waals surface area contributed by atoms with Crippen LogP contribution >= 0.6 is 0 Å². The summed E-state index contributed by atoms with van der Waals surface area (Å²) in [7, 11) is 4.17. The van der Waals surface area contributed by atoms with Crippen LogP contribution in [0.2, 0.25) is 0 Å². The molecule has 1 aliphatic carbocycles. The molecule has 1 aromatic carbocycles. The van der Waals surface area contributed by atoms with Gasteiger partial charge in [-0.3, -0.25) is 0 Å². The van der Waals surface area contributed by atoms with E-state index >= 15 is 0 Å². The number of para-hydroxylation sites is 2. The van der Waals surface area contributed by atoms with Gasteiger partial charge in [0.25, 0.3) is 0 Å². The fourth-order valence-corrected chi connectivity index (χ4v) is 2.31. The van der Waals surface area contributed by atoms with Crippen LogP contribution in [0.3, 0.4) is 0 Å². The number of hydrogen-bond donors (Lipinski definition) is 1. The highest BCUT2D eigenvalue weighted by Gasteiger charge is 2.10. The minimum atomic E-state index is 0.787. The van der Waals surface area contributed by atoms with E-state index in [1.54, 1.807) is 0 Å². The molecule has 0 aromatic heterocycles. The Kier molecular flexibility index (Phi) is 4.08. The van der Waals surface area contributed by atoms with E-state index in [0.29, 0.717) is 0 Å². The van der Waals surface area contributed by atoms with Crippen molar-refractivity contribution in [3.63, 3.8) is 0 Å². The normalized spacial score (nSPS) is 19.1. The van der Waals surface area contributed by atoms with Crippen molar-refractivity contribution in [3.05, 3.63) is 36.4 Å². The van der Waals surface area contributed by atoms with Gasteiger partial charge in [0, 0.05) is 20.6 Å². The third kappa shape index (κ3) is 3.26. The van der Waals surface area contributed by atoms with Crippen LogP contribution in [-0.2, 0) is 0 Å². The molecule has 1 aliphatic rings. The zero-order valence-electron chi connectivity index (χ0n) is 10.8. The average molecular weight is 230 g/mol. The lowest BCUT2D eigenvalue weighted by Crippen LogP contribution is -2.18. The molecule has 1 N–H and O–H groups in total. The number of hydrogen-bond acceptors (Lipinski definition) is 2. The topological polar surface area (TPSA) is 15.3 Å². The van der Waals surface area contributed by atoms with Gasteiger partial charge in [0.2, 0.25) is 0 Å². The van der Waals surface area contributed by atoms with Crippen LogP contribution < -0.4 is 10.2 Å². The summed E-state index contributed by atoms with van der Waals surface area (Å²) in [6.45, 7) is 1.08. The summed E-state index contributed by atoms with van der Waals surface area (Å²) < 4.78 is 0. The van der Waals surface area contributed by atoms with E-state index in [1.165, 1.54) is 30.6 Å². The lowest BCUT2D eigenvalue weighted by atomic mass is 9.94. The highest BCUT2D eigenvalue weighted by molar-refractivity contribution is 5.69. The van der Waals surface area contributed by atoms with Gasteiger partial charge in [-0.2, -0.15) is 0 Å². The van der Waals surface area contributed by atoms with Crippen LogP contribution in [0.15, 0.2) is 36.4 Å². The van der Waals surface area contributed by atoms with Crippen molar-refractivity contribution in [2.24, 2.45) is 5.92 Å². The first-order chi connectivity index (χ1) is 8.27. The van der Waals surface area contributed by atoms with Crippen molar-refractivity contribution < 1.29 is 0 Å². The summed E-state index contributed by atoms with van der Waals surface area (Å²) in [5, 5.41) is 3.59. The summed E-state index contributed by atoms with van der Waals surface area (Å²) in [4.78, 5) is 2.16. The maximum Gasteiger partial charge on any atom is 0.0596 e. The predicted octanol–water partition coefficient (Wildman–Crippen LogP) is 3.52. The third-order valence-electron chi connectivity index (χ3n) is 3.34. The van der Waals surface area contributed by atoms with Crippen molar-refractivity contribution in [3.8, 4) is 0 Å². The Morgan fingerprint density at radius 1 is 1.24 bits per heavy atom. The molecular weight excluding hydrogens is 208 g/mol. The summed E-state index contributed by atoms with van der Waals surface area (Å²) >= 11 is 0. The molecule has 0 aliphatic heterocycles.